The predicted octanol–water partition coefficient (Wildman–Crippen LogP) is 6.77. The minimum atomic E-state index is -2.76. The highest BCUT2D eigenvalue weighted by molar-refractivity contribution is 6.99. The fraction of sp³-hybridized carbons (Fsp3) is 0.381. The number of pyridine rings is 1. The number of methoxy groups -OCH3 is 2. The molecular formula is C42H52N8O6Si. The Bertz CT molecular complexity index is 2150. The van der Waals surface area contributed by atoms with Crippen LogP contribution in [-0.2, 0) is 15.7 Å². The summed E-state index contributed by atoms with van der Waals surface area (Å²) in [5.74, 6) is 1.10. The molecule has 0 radical (unpaired) electrons. The maximum atomic E-state index is 12.3. The van der Waals surface area contributed by atoms with Gasteiger partial charge in [0, 0.05) is 37.5 Å². The molecule has 0 spiro atoms. The van der Waals surface area contributed by atoms with Gasteiger partial charge in [-0.05, 0) is 46.3 Å². The van der Waals surface area contributed by atoms with Crippen LogP contribution in [0, 0.1) is 0 Å². The lowest BCUT2D eigenvalue weighted by atomic mass is 10.0. The summed E-state index contributed by atoms with van der Waals surface area (Å²) in [6, 6.07) is 23.0. The molecule has 3 aromatic heterocycles. The summed E-state index contributed by atoms with van der Waals surface area (Å²) >= 11 is 0. The number of ether oxygens (including phenoxy) is 2. The number of nitrogens with zero attached hydrogens (tertiary/aromatic N) is 6. The van der Waals surface area contributed by atoms with Crippen molar-refractivity contribution in [3.05, 3.63) is 96.5 Å². The minimum absolute atomic E-state index is 0.0540. The molecule has 0 unspecified atom stereocenters. The molecule has 4 heterocycles. The third-order valence-electron chi connectivity index (χ3n) is 10.3. The Morgan fingerprint density at radius 1 is 0.982 bits per heavy atom. The summed E-state index contributed by atoms with van der Waals surface area (Å²) in [4.78, 5) is 39.4. The standard InChI is InChI=1S/C42H52N8O6Si/c1-7-15-31(21-23-56-57(42(2,3)4,32-17-10-8-11-18-32)33-19-12-9-13-20-33)45-38-37-34(46-39(47-38)48-40(51)55-6)26-44-50(37)28-35-36(54-5)24-30(25-43-35)29-16-14-22-49(27-29)41(52)53/h8-13,16-20,24-26,31H,7,14-15,21-23,27-28H2,1-6H3,(H,52,53)(H2,45,46,47,48,51)/t31-/m0/s1. The van der Waals surface area contributed by atoms with E-state index in [1.807, 2.05) is 24.3 Å². The van der Waals surface area contributed by atoms with Gasteiger partial charge in [-0.3, -0.25) is 15.0 Å². The van der Waals surface area contributed by atoms with Crippen molar-refractivity contribution in [1.82, 2.24) is 29.6 Å². The van der Waals surface area contributed by atoms with Crippen LogP contribution in [0.5, 0.6) is 5.75 Å². The van der Waals surface area contributed by atoms with Gasteiger partial charge in [-0.2, -0.15) is 10.1 Å². The molecule has 15 heteroatoms. The van der Waals surface area contributed by atoms with Crippen molar-refractivity contribution >= 4 is 59.3 Å². The van der Waals surface area contributed by atoms with Crippen LogP contribution in [0.25, 0.3) is 16.6 Å². The lowest BCUT2D eigenvalue weighted by molar-refractivity contribution is 0.150. The molecule has 5 aromatic rings. The van der Waals surface area contributed by atoms with Gasteiger partial charge in [0.25, 0.3) is 8.32 Å². The first kappa shape index (κ1) is 40.8. The monoisotopic (exact) mass is 792 g/mol. The van der Waals surface area contributed by atoms with Crippen LogP contribution in [0.2, 0.25) is 5.04 Å². The molecule has 0 fully saturated rings. The zero-order valence-electron chi connectivity index (χ0n) is 33.5. The number of anilines is 2. The van der Waals surface area contributed by atoms with Gasteiger partial charge in [0.05, 0.1) is 27.0 Å². The van der Waals surface area contributed by atoms with Gasteiger partial charge in [0.15, 0.2) is 5.82 Å². The summed E-state index contributed by atoms with van der Waals surface area (Å²) in [6.07, 6.45) is 6.80. The van der Waals surface area contributed by atoms with E-state index in [1.54, 1.807) is 24.2 Å². The summed E-state index contributed by atoms with van der Waals surface area (Å²) < 4.78 is 19.7. The topological polar surface area (TPSA) is 166 Å². The SMILES string of the molecule is CCC[C@@H](CCO[Si](c1ccccc1)(c1ccccc1)C(C)(C)C)Nc1nc(NC(=O)OC)nc2cnn(Cc3ncc(C4=CCCN(C(=O)O)C4)cc3OC)c12. The van der Waals surface area contributed by atoms with Crippen LogP contribution in [0.1, 0.15) is 64.6 Å². The van der Waals surface area contributed by atoms with E-state index in [0.29, 0.717) is 54.3 Å². The lowest BCUT2D eigenvalue weighted by Crippen LogP contribution is -2.66. The van der Waals surface area contributed by atoms with Crippen LogP contribution < -0.4 is 25.7 Å². The Morgan fingerprint density at radius 2 is 1.68 bits per heavy atom. The van der Waals surface area contributed by atoms with Gasteiger partial charge in [-0.15, -0.1) is 0 Å². The molecule has 3 N–H and O–H groups in total. The van der Waals surface area contributed by atoms with Gasteiger partial charge in [0.2, 0.25) is 5.95 Å². The number of amides is 2. The van der Waals surface area contributed by atoms with Gasteiger partial charge in [-0.25, -0.2) is 14.6 Å². The van der Waals surface area contributed by atoms with Crippen LogP contribution >= 0.6 is 0 Å². The second-order valence-corrected chi connectivity index (χ2v) is 19.4. The number of benzene rings is 2. The smallest absolute Gasteiger partial charge is 0.413 e. The molecule has 0 saturated carbocycles. The Balaban J connectivity index is 1.31. The Kier molecular flexibility index (Phi) is 12.9. The van der Waals surface area contributed by atoms with E-state index in [2.05, 4.69) is 96.9 Å². The summed E-state index contributed by atoms with van der Waals surface area (Å²) in [6.45, 7) is 10.4. The average molecular weight is 793 g/mol. The molecule has 1 aliphatic heterocycles. The molecular weight excluding hydrogens is 741 g/mol. The van der Waals surface area contributed by atoms with Crippen molar-refractivity contribution in [2.75, 3.05) is 44.5 Å². The van der Waals surface area contributed by atoms with Crippen molar-refractivity contribution in [2.45, 2.75) is 71.0 Å². The molecule has 6 rings (SSSR count). The number of rotatable bonds is 15. The first-order valence-electron chi connectivity index (χ1n) is 19.3. The second-order valence-electron chi connectivity index (χ2n) is 15.1. The van der Waals surface area contributed by atoms with E-state index in [4.69, 9.17) is 23.9 Å². The summed E-state index contributed by atoms with van der Waals surface area (Å²) in [7, 11) is 0.103. The van der Waals surface area contributed by atoms with Gasteiger partial charge in [0.1, 0.15) is 22.5 Å². The van der Waals surface area contributed by atoms with Crippen LogP contribution in [-0.4, -0.2) is 95.2 Å². The minimum Gasteiger partial charge on any atom is -0.495 e. The zero-order valence-corrected chi connectivity index (χ0v) is 34.5. The molecule has 0 aliphatic carbocycles. The van der Waals surface area contributed by atoms with Crippen molar-refractivity contribution in [3.8, 4) is 5.75 Å². The van der Waals surface area contributed by atoms with Crippen molar-refractivity contribution in [1.29, 1.82) is 0 Å². The van der Waals surface area contributed by atoms with E-state index in [1.165, 1.54) is 22.4 Å². The van der Waals surface area contributed by atoms with E-state index < -0.39 is 20.5 Å². The predicted molar refractivity (Wildman–Crippen MR) is 224 cm³/mol. The number of nitrogens with one attached hydrogen (secondary N) is 2. The van der Waals surface area contributed by atoms with Gasteiger partial charge >= 0.3 is 12.2 Å². The van der Waals surface area contributed by atoms with Gasteiger partial charge in [-0.1, -0.05) is 101 Å². The van der Waals surface area contributed by atoms with Crippen molar-refractivity contribution in [2.24, 2.45) is 0 Å². The van der Waals surface area contributed by atoms with Crippen LogP contribution in [0.4, 0.5) is 21.4 Å². The molecule has 14 nitrogen and oxygen atoms in total. The normalized spacial score (nSPS) is 13.9. The van der Waals surface area contributed by atoms with E-state index in [0.717, 1.165) is 24.0 Å². The number of fused-ring (bicyclic) bond motifs is 1. The highest BCUT2D eigenvalue weighted by Crippen LogP contribution is 2.37. The number of aromatic nitrogens is 5. The highest BCUT2D eigenvalue weighted by atomic mass is 28.4. The zero-order chi connectivity index (χ0) is 40.6. The Labute approximate surface area is 334 Å². The number of hydrogen-bond acceptors (Lipinski definition) is 10. The second kappa shape index (κ2) is 18.0. The number of hydrogen-bond donors (Lipinski definition) is 3. The van der Waals surface area contributed by atoms with Crippen LogP contribution in [0.15, 0.2) is 85.2 Å². The largest absolute Gasteiger partial charge is 0.495 e. The Hall–Kier alpha value is -5.80. The molecule has 300 valence electrons. The molecule has 0 bridgehead atoms. The van der Waals surface area contributed by atoms with Crippen LogP contribution in [0.3, 0.4) is 0 Å². The fourth-order valence-electron chi connectivity index (χ4n) is 7.57. The fourth-order valence-corrected chi connectivity index (χ4v) is 12.1. The third kappa shape index (κ3) is 9.10. The van der Waals surface area contributed by atoms with Crippen molar-refractivity contribution < 1.29 is 28.6 Å². The van der Waals surface area contributed by atoms with E-state index in [-0.39, 0.29) is 30.1 Å². The summed E-state index contributed by atoms with van der Waals surface area (Å²) in [5.41, 5.74) is 3.41. The first-order valence-corrected chi connectivity index (χ1v) is 21.2. The lowest BCUT2D eigenvalue weighted by Gasteiger charge is -2.43. The van der Waals surface area contributed by atoms with Gasteiger partial charge < -0.3 is 29.2 Å². The maximum Gasteiger partial charge on any atom is 0.413 e. The molecule has 0 saturated heterocycles. The highest BCUT2D eigenvalue weighted by Gasteiger charge is 2.50. The molecule has 2 aromatic carbocycles. The molecule has 1 aliphatic rings. The quantitative estimate of drug-likeness (QED) is 0.0958. The maximum absolute atomic E-state index is 12.3. The van der Waals surface area contributed by atoms with E-state index in [9.17, 15) is 14.7 Å². The Morgan fingerprint density at radius 3 is 2.30 bits per heavy atom. The summed E-state index contributed by atoms with van der Waals surface area (Å²) in [5, 5.41) is 22.8. The number of carboxylic acid groups (broad SMARTS) is 1. The molecule has 57 heavy (non-hydrogen) atoms. The molecule has 2 amide bonds. The molecule has 1 atom stereocenters. The van der Waals surface area contributed by atoms with E-state index >= 15 is 0 Å². The first-order chi connectivity index (χ1) is 27.5. The third-order valence-corrected chi connectivity index (χ3v) is 15.4. The van der Waals surface area contributed by atoms with Crippen molar-refractivity contribution in [3.63, 3.8) is 0 Å². The number of carbonyl (C=O) groups is 2. The number of carbonyl (C=O) groups excluding carboxylic acids is 1. The average Bonchev–Trinajstić information content (AvgIpc) is 3.62.